The molecule has 4 aromatic rings. The van der Waals surface area contributed by atoms with Crippen molar-refractivity contribution >= 4 is 32.4 Å². The number of nitrogens with zero attached hydrogens (tertiary/aromatic N) is 2. The van der Waals surface area contributed by atoms with Gasteiger partial charge in [-0.05, 0) is 48.7 Å². The Morgan fingerprint density at radius 2 is 1.71 bits per heavy atom. The molecule has 2 heterocycles. The first-order chi connectivity index (χ1) is 16.5. The van der Waals surface area contributed by atoms with Crippen LogP contribution in [-0.2, 0) is 16.6 Å². The first-order valence-corrected chi connectivity index (χ1v) is 13.0. The molecule has 0 amide bonds. The summed E-state index contributed by atoms with van der Waals surface area (Å²) in [5.41, 5.74) is 2.14. The Balaban J connectivity index is 1.38. The topological polar surface area (TPSA) is 109 Å². The average Bonchev–Trinajstić information content (AvgIpc) is 3.24. The summed E-state index contributed by atoms with van der Waals surface area (Å²) < 4.78 is 30.0. The monoisotopic (exact) mass is 477 g/mol. The molecular weight excluding hydrogens is 450 g/mol. The number of pyridine rings is 1. The molecule has 0 spiro atoms. The fourth-order valence-electron chi connectivity index (χ4n) is 4.50. The van der Waals surface area contributed by atoms with E-state index in [2.05, 4.69) is 15.0 Å². The summed E-state index contributed by atoms with van der Waals surface area (Å²) >= 11 is 0. The molecule has 1 saturated carbocycles. The number of hydrogen-bond donors (Lipinski definition) is 3. The molecule has 5 rings (SSSR count). The quantitative estimate of drug-likeness (QED) is 0.364. The molecule has 0 bridgehead atoms. The standard InChI is InChI=1S/C25H27N5O3S/c31-25-23-22(15-16-26-25)30(20-9-5-2-6-10-20)29-24(23)28-19-11-13-21(14-12-19)34(32,33)27-17-18-7-3-1-4-8-18/h1,3-4,7-8,11-16,20,27H,2,5-6,9-10,17H2,(H,26,31)(H,28,29). The lowest BCUT2D eigenvalue weighted by molar-refractivity contribution is 0.338. The summed E-state index contributed by atoms with van der Waals surface area (Å²) in [5, 5.41) is 8.48. The summed E-state index contributed by atoms with van der Waals surface area (Å²) in [4.78, 5) is 15.5. The SMILES string of the molecule is O=c1[nH]ccc2c1c(Nc1ccc(S(=O)(=O)NCc3ccccc3)cc1)nn2C1CCCCC1. The lowest BCUT2D eigenvalue weighted by atomic mass is 9.95. The van der Waals surface area contributed by atoms with Gasteiger partial charge in [0.1, 0.15) is 5.39 Å². The largest absolute Gasteiger partial charge is 0.338 e. The van der Waals surface area contributed by atoms with Crippen LogP contribution in [0.5, 0.6) is 0 Å². The van der Waals surface area contributed by atoms with E-state index in [0.717, 1.165) is 36.8 Å². The summed E-state index contributed by atoms with van der Waals surface area (Å²) in [6, 6.07) is 18.0. The van der Waals surface area contributed by atoms with E-state index in [9.17, 15) is 13.2 Å². The number of sulfonamides is 1. The van der Waals surface area contributed by atoms with Crippen molar-refractivity contribution in [2.75, 3.05) is 5.32 Å². The van der Waals surface area contributed by atoms with Crippen LogP contribution in [0.15, 0.2) is 76.6 Å². The van der Waals surface area contributed by atoms with Crippen LogP contribution in [0.4, 0.5) is 11.5 Å². The van der Waals surface area contributed by atoms with Gasteiger partial charge in [-0.15, -0.1) is 0 Å². The number of rotatable bonds is 7. The minimum absolute atomic E-state index is 0.171. The number of aromatic nitrogens is 3. The second-order valence-corrected chi connectivity index (χ2v) is 10.4. The Labute approximate surface area is 198 Å². The van der Waals surface area contributed by atoms with Crippen molar-refractivity contribution < 1.29 is 8.42 Å². The number of H-pyrrole nitrogens is 1. The van der Waals surface area contributed by atoms with Crippen molar-refractivity contribution in [3.8, 4) is 0 Å². The highest BCUT2D eigenvalue weighted by atomic mass is 32.2. The lowest BCUT2D eigenvalue weighted by Crippen LogP contribution is -2.23. The molecule has 2 aromatic heterocycles. The van der Waals surface area contributed by atoms with Gasteiger partial charge in [-0.3, -0.25) is 9.48 Å². The summed E-state index contributed by atoms with van der Waals surface area (Å²) in [7, 11) is -3.65. The summed E-state index contributed by atoms with van der Waals surface area (Å²) in [6.45, 7) is 0.219. The molecule has 1 aliphatic carbocycles. The van der Waals surface area contributed by atoms with E-state index >= 15 is 0 Å². The number of anilines is 2. The molecule has 0 radical (unpaired) electrons. The van der Waals surface area contributed by atoms with Crippen LogP contribution in [0.2, 0.25) is 0 Å². The fraction of sp³-hybridized carbons (Fsp3) is 0.280. The van der Waals surface area contributed by atoms with Gasteiger partial charge < -0.3 is 10.3 Å². The number of benzene rings is 2. The Hall–Kier alpha value is -3.43. The third kappa shape index (κ3) is 4.62. The maximum Gasteiger partial charge on any atom is 0.261 e. The van der Waals surface area contributed by atoms with Gasteiger partial charge in [-0.25, -0.2) is 13.1 Å². The molecule has 1 fully saturated rings. The predicted octanol–water partition coefficient (Wildman–Crippen LogP) is 4.45. The smallest absolute Gasteiger partial charge is 0.261 e. The van der Waals surface area contributed by atoms with E-state index in [1.165, 1.54) is 6.42 Å². The van der Waals surface area contributed by atoms with Gasteiger partial charge in [0.2, 0.25) is 10.0 Å². The molecule has 3 N–H and O–H groups in total. The van der Waals surface area contributed by atoms with E-state index in [-0.39, 0.29) is 23.0 Å². The maximum absolute atomic E-state index is 12.7. The minimum Gasteiger partial charge on any atom is -0.338 e. The number of aromatic amines is 1. The van der Waals surface area contributed by atoms with Crippen molar-refractivity contribution in [3.05, 3.63) is 82.8 Å². The fourth-order valence-corrected chi connectivity index (χ4v) is 5.52. The first kappa shape index (κ1) is 22.4. The molecule has 0 unspecified atom stereocenters. The van der Waals surface area contributed by atoms with Crippen LogP contribution in [-0.4, -0.2) is 23.2 Å². The van der Waals surface area contributed by atoms with E-state index < -0.39 is 10.0 Å². The van der Waals surface area contributed by atoms with E-state index in [1.54, 1.807) is 30.5 Å². The third-order valence-corrected chi connectivity index (χ3v) is 7.70. The molecule has 0 aliphatic heterocycles. The zero-order chi connectivity index (χ0) is 23.5. The molecule has 0 atom stereocenters. The zero-order valence-electron chi connectivity index (χ0n) is 18.7. The predicted molar refractivity (Wildman–Crippen MR) is 133 cm³/mol. The molecule has 1 aliphatic rings. The van der Waals surface area contributed by atoms with Crippen molar-refractivity contribution in [2.45, 2.75) is 49.6 Å². The molecule has 34 heavy (non-hydrogen) atoms. The molecule has 176 valence electrons. The lowest BCUT2D eigenvalue weighted by Gasteiger charge is -2.22. The van der Waals surface area contributed by atoms with E-state index in [0.29, 0.717) is 16.9 Å². The third-order valence-electron chi connectivity index (χ3n) is 6.29. The Bertz CT molecular complexity index is 1440. The summed E-state index contributed by atoms with van der Waals surface area (Å²) in [6.07, 6.45) is 7.30. The second kappa shape index (κ2) is 9.44. The zero-order valence-corrected chi connectivity index (χ0v) is 19.5. The van der Waals surface area contributed by atoms with Crippen LogP contribution in [0.25, 0.3) is 10.9 Å². The molecular formula is C25H27N5O3S. The van der Waals surface area contributed by atoms with Gasteiger partial charge in [0.25, 0.3) is 5.56 Å². The Kier molecular flexibility index (Phi) is 6.21. The second-order valence-electron chi connectivity index (χ2n) is 8.61. The van der Waals surface area contributed by atoms with Crippen molar-refractivity contribution in [1.82, 2.24) is 19.5 Å². The van der Waals surface area contributed by atoms with Gasteiger partial charge in [0.15, 0.2) is 5.82 Å². The van der Waals surface area contributed by atoms with Crippen LogP contribution < -0.4 is 15.6 Å². The van der Waals surface area contributed by atoms with Crippen LogP contribution in [0, 0.1) is 0 Å². The van der Waals surface area contributed by atoms with Gasteiger partial charge in [0.05, 0.1) is 16.5 Å². The van der Waals surface area contributed by atoms with Crippen molar-refractivity contribution in [2.24, 2.45) is 0 Å². The van der Waals surface area contributed by atoms with E-state index in [1.807, 2.05) is 41.1 Å². The van der Waals surface area contributed by atoms with Crippen LogP contribution >= 0.6 is 0 Å². The normalized spacial score (nSPS) is 14.9. The average molecular weight is 478 g/mol. The number of fused-ring (bicyclic) bond motifs is 1. The molecule has 8 nitrogen and oxygen atoms in total. The van der Waals surface area contributed by atoms with Gasteiger partial charge in [0, 0.05) is 18.4 Å². The number of nitrogens with one attached hydrogen (secondary N) is 3. The molecule has 9 heteroatoms. The Morgan fingerprint density at radius 1 is 0.971 bits per heavy atom. The molecule has 2 aromatic carbocycles. The van der Waals surface area contributed by atoms with Crippen LogP contribution in [0.3, 0.4) is 0 Å². The first-order valence-electron chi connectivity index (χ1n) is 11.5. The molecule has 0 saturated heterocycles. The van der Waals surface area contributed by atoms with Crippen molar-refractivity contribution in [3.63, 3.8) is 0 Å². The van der Waals surface area contributed by atoms with E-state index in [4.69, 9.17) is 5.10 Å². The van der Waals surface area contributed by atoms with Gasteiger partial charge in [-0.1, -0.05) is 49.6 Å². The highest BCUT2D eigenvalue weighted by Gasteiger charge is 2.22. The minimum atomic E-state index is -3.65. The highest BCUT2D eigenvalue weighted by Crippen LogP contribution is 2.32. The highest BCUT2D eigenvalue weighted by molar-refractivity contribution is 7.89. The van der Waals surface area contributed by atoms with Gasteiger partial charge in [-0.2, -0.15) is 5.10 Å². The summed E-state index contributed by atoms with van der Waals surface area (Å²) in [5.74, 6) is 0.472. The van der Waals surface area contributed by atoms with Crippen molar-refractivity contribution in [1.29, 1.82) is 0 Å². The number of hydrogen-bond acceptors (Lipinski definition) is 5. The van der Waals surface area contributed by atoms with Crippen LogP contribution in [0.1, 0.15) is 43.7 Å². The maximum atomic E-state index is 12.7. The Morgan fingerprint density at radius 3 is 2.44 bits per heavy atom. The van der Waals surface area contributed by atoms with Gasteiger partial charge >= 0.3 is 0 Å².